The number of carbonyl (C=O) groups excluding carboxylic acids is 1. The second kappa shape index (κ2) is 8.55. The van der Waals surface area contributed by atoms with E-state index in [9.17, 15) is 10.1 Å². The molecule has 0 fully saturated rings. The average molecular weight is 336 g/mol. The SMILES string of the molecule is CCOc1ccc(Oc2ccccc2C(=O)C(C#N)=CN(C)C)cc1. The molecule has 2 aromatic rings. The second-order valence-electron chi connectivity index (χ2n) is 5.45. The molecule has 0 amide bonds. The average Bonchev–Trinajstić information content (AvgIpc) is 2.61. The number of Topliss-reactive ketones (excluding diaryl/α,β-unsaturated/α-hetero) is 1. The fraction of sp³-hybridized carbons (Fsp3) is 0.200. The van der Waals surface area contributed by atoms with Crippen molar-refractivity contribution in [1.82, 2.24) is 4.90 Å². The Morgan fingerprint density at radius 1 is 1.12 bits per heavy atom. The summed E-state index contributed by atoms with van der Waals surface area (Å²) in [5.41, 5.74) is 0.388. The highest BCUT2D eigenvalue weighted by Crippen LogP contribution is 2.28. The van der Waals surface area contributed by atoms with Crippen molar-refractivity contribution in [3.05, 3.63) is 65.9 Å². The number of para-hydroxylation sites is 1. The van der Waals surface area contributed by atoms with Crippen LogP contribution in [0.1, 0.15) is 17.3 Å². The third-order valence-electron chi connectivity index (χ3n) is 3.25. The van der Waals surface area contributed by atoms with Gasteiger partial charge < -0.3 is 14.4 Å². The lowest BCUT2D eigenvalue weighted by Crippen LogP contribution is -2.09. The van der Waals surface area contributed by atoms with Crippen LogP contribution < -0.4 is 9.47 Å². The summed E-state index contributed by atoms with van der Waals surface area (Å²) in [6, 6.07) is 16.0. The Balaban J connectivity index is 2.29. The maximum atomic E-state index is 12.6. The van der Waals surface area contributed by atoms with Gasteiger partial charge in [0.15, 0.2) is 0 Å². The van der Waals surface area contributed by atoms with Gasteiger partial charge in [0.2, 0.25) is 5.78 Å². The molecule has 0 spiro atoms. The quantitative estimate of drug-likeness (QED) is 0.434. The Morgan fingerprint density at radius 3 is 2.36 bits per heavy atom. The van der Waals surface area contributed by atoms with Gasteiger partial charge in [0.25, 0.3) is 0 Å². The molecule has 0 saturated carbocycles. The van der Waals surface area contributed by atoms with Gasteiger partial charge in [-0.05, 0) is 43.3 Å². The number of rotatable bonds is 7. The van der Waals surface area contributed by atoms with Gasteiger partial charge in [-0.15, -0.1) is 0 Å². The number of hydrogen-bond acceptors (Lipinski definition) is 5. The first kappa shape index (κ1) is 18.1. The summed E-state index contributed by atoms with van der Waals surface area (Å²) in [6.45, 7) is 2.51. The van der Waals surface area contributed by atoms with Crippen molar-refractivity contribution >= 4 is 5.78 Å². The molecule has 0 heterocycles. The molecule has 0 aliphatic rings. The van der Waals surface area contributed by atoms with Gasteiger partial charge in [-0.25, -0.2) is 0 Å². The predicted octanol–water partition coefficient (Wildman–Crippen LogP) is 4.03. The van der Waals surface area contributed by atoms with Gasteiger partial charge in [0.1, 0.15) is 28.9 Å². The van der Waals surface area contributed by atoms with E-state index in [1.165, 1.54) is 6.20 Å². The standard InChI is InChI=1S/C20H20N2O3/c1-4-24-16-9-11-17(12-10-16)25-19-8-6-5-7-18(19)20(23)15(13-21)14-22(2)3/h5-12,14H,4H2,1-3H3. The molecule has 0 bridgehead atoms. The second-order valence-corrected chi connectivity index (χ2v) is 5.45. The highest BCUT2D eigenvalue weighted by molar-refractivity contribution is 6.12. The van der Waals surface area contributed by atoms with E-state index in [2.05, 4.69) is 0 Å². The topological polar surface area (TPSA) is 62.6 Å². The third-order valence-corrected chi connectivity index (χ3v) is 3.25. The van der Waals surface area contributed by atoms with E-state index in [0.717, 1.165) is 5.75 Å². The van der Waals surface area contributed by atoms with Gasteiger partial charge in [-0.1, -0.05) is 12.1 Å². The molecule has 0 aromatic heterocycles. The molecule has 0 unspecified atom stereocenters. The van der Waals surface area contributed by atoms with Crippen LogP contribution >= 0.6 is 0 Å². The molecule has 5 heteroatoms. The molecule has 25 heavy (non-hydrogen) atoms. The highest BCUT2D eigenvalue weighted by Gasteiger charge is 2.17. The summed E-state index contributed by atoms with van der Waals surface area (Å²) in [4.78, 5) is 14.3. The van der Waals surface area contributed by atoms with E-state index in [1.807, 2.05) is 13.0 Å². The first-order valence-corrected chi connectivity index (χ1v) is 7.88. The van der Waals surface area contributed by atoms with Crippen LogP contribution in [0.5, 0.6) is 17.2 Å². The summed E-state index contributed by atoms with van der Waals surface area (Å²) in [5.74, 6) is 1.35. The van der Waals surface area contributed by atoms with Crippen molar-refractivity contribution in [2.45, 2.75) is 6.92 Å². The van der Waals surface area contributed by atoms with E-state index < -0.39 is 0 Å². The van der Waals surface area contributed by atoms with E-state index in [-0.39, 0.29) is 11.4 Å². The monoisotopic (exact) mass is 336 g/mol. The van der Waals surface area contributed by atoms with Crippen molar-refractivity contribution in [3.63, 3.8) is 0 Å². The number of hydrogen-bond donors (Lipinski definition) is 0. The van der Waals surface area contributed by atoms with Gasteiger partial charge in [-0.2, -0.15) is 5.26 Å². The number of benzene rings is 2. The molecular formula is C20H20N2O3. The van der Waals surface area contributed by atoms with Gasteiger partial charge >= 0.3 is 0 Å². The normalized spacial score (nSPS) is 10.7. The largest absolute Gasteiger partial charge is 0.494 e. The Morgan fingerprint density at radius 2 is 1.76 bits per heavy atom. The maximum absolute atomic E-state index is 12.6. The number of nitriles is 1. The molecular weight excluding hydrogens is 316 g/mol. The Bertz CT molecular complexity index is 802. The van der Waals surface area contributed by atoms with Crippen LogP contribution in [0.3, 0.4) is 0 Å². The summed E-state index contributed by atoms with van der Waals surface area (Å²) in [6.07, 6.45) is 1.50. The summed E-state index contributed by atoms with van der Waals surface area (Å²) in [5, 5.41) is 9.25. The number of ketones is 1. The first-order valence-electron chi connectivity index (χ1n) is 7.88. The minimum atomic E-state index is -0.377. The fourth-order valence-corrected chi connectivity index (χ4v) is 2.18. The summed E-state index contributed by atoms with van der Waals surface area (Å²) >= 11 is 0. The van der Waals surface area contributed by atoms with Crippen LogP contribution in [0.15, 0.2) is 60.3 Å². The molecule has 0 N–H and O–H groups in total. The van der Waals surface area contributed by atoms with Crippen molar-refractivity contribution in [2.24, 2.45) is 0 Å². The van der Waals surface area contributed by atoms with E-state index in [1.54, 1.807) is 67.5 Å². The van der Waals surface area contributed by atoms with Crippen LogP contribution in [0.2, 0.25) is 0 Å². The molecule has 2 aromatic carbocycles. The van der Waals surface area contributed by atoms with Crippen LogP contribution in [-0.2, 0) is 0 Å². The van der Waals surface area contributed by atoms with Crippen molar-refractivity contribution in [2.75, 3.05) is 20.7 Å². The van der Waals surface area contributed by atoms with Gasteiger partial charge in [0, 0.05) is 20.3 Å². The smallest absolute Gasteiger partial charge is 0.208 e. The fourth-order valence-electron chi connectivity index (χ4n) is 2.18. The Labute approximate surface area is 147 Å². The minimum absolute atomic E-state index is 0.0488. The Kier molecular flexibility index (Phi) is 6.19. The third kappa shape index (κ3) is 4.85. The molecule has 2 rings (SSSR count). The maximum Gasteiger partial charge on any atom is 0.208 e. The summed E-state index contributed by atoms with van der Waals surface area (Å²) in [7, 11) is 3.51. The summed E-state index contributed by atoms with van der Waals surface area (Å²) < 4.78 is 11.2. The number of ether oxygens (including phenoxy) is 2. The number of allylic oxidation sites excluding steroid dienone is 1. The van der Waals surface area contributed by atoms with E-state index in [0.29, 0.717) is 23.7 Å². The van der Waals surface area contributed by atoms with E-state index in [4.69, 9.17) is 9.47 Å². The zero-order chi connectivity index (χ0) is 18.2. The molecule has 128 valence electrons. The zero-order valence-electron chi connectivity index (χ0n) is 14.5. The molecule has 0 aliphatic carbocycles. The predicted molar refractivity (Wildman–Crippen MR) is 95.8 cm³/mol. The lowest BCUT2D eigenvalue weighted by atomic mass is 10.0. The lowest BCUT2D eigenvalue weighted by molar-refractivity contribution is 0.103. The van der Waals surface area contributed by atoms with Crippen LogP contribution in [0, 0.1) is 11.3 Å². The van der Waals surface area contributed by atoms with Gasteiger partial charge in [0.05, 0.1) is 12.2 Å². The van der Waals surface area contributed by atoms with Crippen molar-refractivity contribution in [1.29, 1.82) is 5.26 Å². The number of nitrogens with zero attached hydrogens (tertiary/aromatic N) is 2. The Hall–Kier alpha value is -3.26. The van der Waals surface area contributed by atoms with Crippen molar-refractivity contribution < 1.29 is 14.3 Å². The molecule has 0 radical (unpaired) electrons. The minimum Gasteiger partial charge on any atom is -0.494 e. The van der Waals surface area contributed by atoms with Crippen LogP contribution in [-0.4, -0.2) is 31.4 Å². The molecule has 0 atom stereocenters. The first-order chi connectivity index (χ1) is 12.0. The number of carbonyl (C=O) groups is 1. The van der Waals surface area contributed by atoms with E-state index >= 15 is 0 Å². The van der Waals surface area contributed by atoms with Crippen molar-refractivity contribution in [3.8, 4) is 23.3 Å². The molecule has 5 nitrogen and oxygen atoms in total. The zero-order valence-corrected chi connectivity index (χ0v) is 14.5. The van der Waals surface area contributed by atoms with Crippen LogP contribution in [0.4, 0.5) is 0 Å². The van der Waals surface area contributed by atoms with Gasteiger partial charge in [-0.3, -0.25) is 4.79 Å². The highest BCUT2D eigenvalue weighted by atomic mass is 16.5. The lowest BCUT2D eigenvalue weighted by Gasteiger charge is -2.12. The van der Waals surface area contributed by atoms with Crippen LogP contribution in [0.25, 0.3) is 0 Å². The molecule has 0 saturated heterocycles. The molecule has 0 aliphatic heterocycles.